The summed E-state index contributed by atoms with van der Waals surface area (Å²) in [6.45, 7) is 0. The number of anilines is 1. The molecule has 3 aromatic rings. The Hall–Kier alpha value is -2.37. The summed E-state index contributed by atoms with van der Waals surface area (Å²) in [5.41, 5.74) is 4.34. The van der Waals surface area contributed by atoms with Crippen LogP contribution in [0.5, 0.6) is 0 Å². The summed E-state index contributed by atoms with van der Waals surface area (Å²) in [5, 5.41) is 3.01. The molecule has 0 spiro atoms. The van der Waals surface area contributed by atoms with E-state index in [0.717, 1.165) is 26.3 Å². The maximum atomic E-state index is 14.8. The molecule has 1 atom stereocenters. The molecule has 1 N–H and O–H groups in total. The molecule has 5 heteroatoms. The molecule has 0 radical (unpaired) electrons. The second-order valence-electron chi connectivity index (χ2n) is 6.45. The maximum absolute atomic E-state index is 14.8. The largest absolute Gasteiger partial charge is 0.354 e. The highest BCUT2D eigenvalue weighted by Gasteiger charge is 2.38. The second kappa shape index (κ2) is 6.36. The standard InChI is InChI=1S/C22H13BrFNOS/c23-12-9-10-16(24)15(11-12)22-19-20(13-5-1-2-6-14(13)21(19)26)25-17-7-3-4-8-18(17)27-22/h1-11,22,25H/t22-/m0/s1. The lowest BCUT2D eigenvalue weighted by Gasteiger charge is -2.18. The average Bonchev–Trinajstić information content (AvgIpc) is 2.85. The first-order chi connectivity index (χ1) is 13.1. The lowest BCUT2D eigenvalue weighted by Crippen LogP contribution is -2.09. The predicted molar refractivity (Wildman–Crippen MR) is 110 cm³/mol. The van der Waals surface area contributed by atoms with Gasteiger partial charge in [0, 0.05) is 31.6 Å². The minimum atomic E-state index is -0.437. The smallest absolute Gasteiger partial charge is 0.193 e. The molecule has 2 nitrogen and oxygen atoms in total. The molecule has 1 aliphatic carbocycles. The Morgan fingerprint density at radius 3 is 2.56 bits per heavy atom. The maximum Gasteiger partial charge on any atom is 0.193 e. The highest BCUT2D eigenvalue weighted by atomic mass is 79.9. The van der Waals surface area contributed by atoms with Crippen LogP contribution in [0.25, 0.3) is 5.70 Å². The van der Waals surface area contributed by atoms with E-state index in [1.807, 2.05) is 48.5 Å². The van der Waals surface area contributed by atoms with Crippen LogP contribution >= 0.6 is 27.7 Å². The van der Waals surface area contributed by atoms with Gasteiger partial charge in [-0.3, -0.25) is 4.79 Å². The quantitative estimate of drug-likeness (QED) is 0.473. The molecule has 1 aliphatic heterocycles. The van der Waals surface area contributed by atoms with Gasteiger partial charge in [-0.25, -0.2) is 4.39 Å². The Balaban J connectivity index is 1.78. The van der Waals surface area contributed by atoms with Gasteiger partial charge in [-0.2, -0.15) is 0 Å². The number of carbonyl (C=O) groups is 1. The number of halogens is 2. The number of benzene rings is 3. The van der Waals surface area contributed by atoms with Crippen LogP contribution in [0.3, 0.4) is 0 Å². The summed E-state index contributed by atoms with van der Waals surface area (Å²) >= 11 is 4.94. The number of fused-ring (bicyclic) bond motifs is 3. The first kappa shape index (κ1) is 16.8. The van der Waals surface area contributed by atoms with Crippen molar-refractivity contribution in [1.29, 1.82) is 0 Å². The Labute approximate surface area is 168 Å². The first-order valence-electron chi connectivity index (χ1n) is 8.49. The molecule has 0 amide bonds. The fourth-order valence-corrected chi connectivity index (χ4v) is 5.30. The third kappa shape index (κ3) is 2.65. The minimum absolute atomic E-state index is 0.0437. The molecule has 2 aliphatic rings. The van der Waals surface area contributed by atoms with Crippen molar-refractivity contribution < 1.29 is 9.18 Å². The fourth-order valence-electron chi connectivity index (χ4n) is 3.62. The van der Waals surface area contributed by atoms with Crippen LogP contribution in [0.15, 0.2) is 81.7 Å². The van der Waals surface area contributed by atoms with Crippen LogP contribution in [-0.4, -0.2) is 5.78 Å². The summed E-state index contributed by atoms with van der Waals surface area (Å²) in [6.07, 6.45) is 0. The number of para-hydroxylation sites is 1. The van der Waals surface area contributed by atoms with Crippen LogP contribution in [0, 0.1) is 5.82 Å². The number of Topliss-reactive ketones (excluding diaryl/α,β-unsaturated/α-hetero) is 1. The lowest BCUT2D eigenvalue weighted by atomic mass is 10.0. The summed E-state index contributed by atoms with van der Waals surface area (Å²) < 4.78 is 15.6. The molecule has 132 valence electrons. The van der Waals surface area contributed by atoms with E-state index in [1.54, 1.807) is 12.1 Å². The van der Waals surface area contributed by atoms with Gasteiger partial charge in [0.1, 0.15) is 5.82 Å². The summed E-state index contributed by atoms with van der Waals surface area (Å²) in [4.78, 5) is 14.3. The average molecular weight is 438 g/mol. The van der Waals surface area contributed by atoms with E-state index >= 15 is 0 Å². The van der Waals surface area contributed by atoms with Crippen LogP contribution in [0.2, 0.25) is 0 Å². The number of thioether (sulfide) groups is 1. The zero-order valence-electron chi connectivity index (χ0n) is 14.0. The minimum Gasteiger partial charge on any atom is -0.354 e. The van der Waals surface area contributed by atoms with Gasteiger partial charge in [0.05, 0.1) is 16.6 Å². The Kier molecular flexibility index (Phi) is 3.95. The fraction of sp³-hybridized carbons (Fsp3) is 0.0455. The van der Waals surface area contributed by atoms with Crippen LogP contribution in [0.1, 0.15) is 26.7 Å². The molecular formula is C22H13BrFNOS. The third-order valence-electron chi connectivity index (χ3n) is 4.85. The van der Waals surface area contributed by atoms with Gasteiger partial charge in [-0.1, -0.05) is 52.3 Å². The zero-order valence-corrected chi connectivity index (χ0v) is 16.4. The van der Waals surface area contributed by atoms with Crippen molar-refractivity contribution in [2.75, 3.05) is 5.32 Å². The molecule has 1 heterocycles. The Morgan fingerprint density at radius 1 is 0.963 bits per heavy atom. The number of hydrogen-bond donors (Lipinski definition) is 1. The lowest BCUT2D eigenvalue weighted by molar-refractivity contribution is 0.103. The number of ketones is 1. The number of carbonyl (C=O) groups excluding carboxylic acids is 1. The highest BCUT2D eigenvalue weighted by molar-refractivity contribution is 9.10. The van der Waals surface area contributed by atoms with E-state index in [2.05, 4.69) is 21.2 Å². The van der Waals surface area contributed by atoms with Gasteiger partial charge in [0.2, 0.25) is 0 Å². The monoisotopic (exact) mass is 437 g/mol. The van der Waals surface area contributed by atoms with Crippen LogP contribution in [0.4, 0.5) is 10.1 Å². The summed E-state index contributed by atoms with van der Waals surface area (Å²) in [6, 6.07) is 20.3. The Morgan fingerprint density at radius 2 is 1.70 bits per heavy atom. The second-order valence-corrected chi connectivity index (χ2v) is 8.51. The molecule has 0 saturated heterocycles. The van der Waals surface area contributed by atoms with Crippen LogP contribution < -0.4 is 5.32 Å². The highest BCUT2D eigenvalue weighted by Crippen LogP contribution is 2.52. The van der Waals surface area contributed by atoms with Gasteiger partial charge >= 0.3 is 0 Å². The summed E-state index contributed by atoms with van der Waals surface area (Å²) in [7, 11) is 0. The van der Waals surface area contributed by atoms with Gasteiger partial charge in [-0.15, -0.1) is 11.8 Å². The molecule has 0 aromatic heterocycles. The molecule has 27 heavy (non-hydrogen) atoms. The third-order valence-corrected chi connectivity index (χ3v) is 6.68. The van der Waals surface area contributed by atoms with Gasteiger partial charge in [0.25, 0.3) is 0 Å². The van der Waals surface area contributed by atoms with Crippen molar-refractivity contribution in [3.8, 4) is 0 Å². The van der Waals surface area contributed by atoms with E-state index in [-0.39, 0.29) is 11.6 Å². The van der Waals surface area contributed by atoms with E-state index in [4.69, 9.17) is 0 Å². The topological polar surface area (TPSA) is 29.1 Å². The van der Waals surface area contributed by atoms with E-state index in [9.17, 15) is 9.18 Å². The van der Waals surface area contributed by atoms with Crippen molar-refractivity contribution in [3.05, 3.63) is 99.3 Å². The van der Waals surface area contributed by atoms with Gasteiger partial charge in [-0.05, 0) is 30.3 Å². The first-order valence-corrected chi connectivity index (χ1v) is 10.2. The van der Waals surface area contributed by atoms with Crippen molar-refractivity contribution in [1.82, 2.24) is 0 Å². The number of hydrogen-bond acceptors (Lipinski definition) is 3. The molecule has 0 bridgehead atoms. The van der Waals surface area contributed by atoms with Crippen molar-refractivity contribution in [2.45, 2.75) is 10.1 Å². The number of rotatable bonds is 1. The number of nitrogens with one attached hydrogen (secondary N) is 1. The molecule has 0 unspecified atom stereocenters. The predicted octanol–water partition coefficient (Wildman–Crippen LogP) is 6.45. The van der Waals surface area contributed by atoms with Crippen molar-refractivity contribution in [2.24, 2.45) is 0 Å². The van der Waals surface area contributed by atoms with Crippen molar-refractivity contribution >= 4 is 44.9 Å². The Bertz CT molecular complexity index is 1140. The van der Waals surface area contributed by atoms with E-state index in [0.29, 0.717) is 16.7 Å². The van der Waals surface area contributed by atoms with E-state index in [1.165, 1.54) is 17.8 Å². The molecular weight excluding hydrogens is 425 g/mol. The van der Waals surface area contributed by atoms with Crippen molar-refractivity contribution in [3.63, 3.8) is 0 Å². The molecule has 0 saturated carbocycles. The normalized spacial score (nSPS) is 17.7. The molecule has 0 fully saturated rings. The van der Waals surface area contributed by atoms with E-state index < -0.39 is 5.25 Å². The molecule has 5 rings (SSSR count). The van der Waals surface area contributed by atoms with Crippen LogP contribution in [-0.2, 0) is 0 Å². The zero-order chi connectivity index (χ0) is 18.5. The van der Waals surface area contributed by atoms with Gasteiger partial charge < -0.3 is 5.32 Å². The SMILES string of the molecule is O=C1C2=C(Nc3ccccc3S[C@H]2c2cc(Br)ccc2F)c2ccccc21. The summed E-state index contributed by atoms with van der Waals surface area (Å²) in [5.74, 6) is -0.358. The van der Waals surface area contributed by atoms with Gasteiger partial charge in [0.15, 0.2) is 5.78 Å². The molecule has 3 aromatic carbocycles.